The first-order valence-electron chi connectivity index (χ1n) is 8.60. The summed E-state index contributed by atoms with van der Waals surface area (Å²) in [7, 11) is 0. The van der Waals surface area contributed by atoms with Gasteiger partial charge in [0.2, 0.25) is 0 Å². The van der Waals surface area contributed by atoms with Crippen molar-refractivity contribution in [2.24, 2.45) is 5.41 Å². The number of amides is 1. The van der Waals surface area contributed by atoms with Gasteiger partial charge in [0, 0.05) is 31.9 Å². The molecule has 1 N–H and O–H groups in total. The predicted octanol–water partition coefficient (Wildman–Crippen LogP) is 2.13. The van der Waals surface area contributed by atoms with Gasteiger partial charge in [-0.1, -0.05) is 6.92 Å². The lowest BCUT2D eigenvalue weighted by Gasteiger charge is -2.38. The Balaban J connectivity index is 1.72. The molecule has 2 saturated heterocycles. The molecule has 0 aliphatic carbocycles. The monoisotopic (exact) mass is 304 g/mol. The average molecular weight is 304 g/mol. The van der Waals surface area contributed by atoms with Crippen molar-refractivity contribution in [2.45, 2.75) is 53.0 Å². The van der Waals surface area contributed by atoms with Gasteiger partial charge < -0.3 is 10.2 Å². The number of nitrogens with one attached hydrogen (secondary N) is 1. The van der Waals surface area contributed by atoms with Crippen LogP contribution < -0.4 is 5.32 Å². The summed E-state index contributed by atoms with van der Waals surface area (Å²) in [6, 6.07) is 0. The molecular formula is C17H28N4O. The van der Waals surface area contributed by atoms with E-state index in [4.69, 9.17) is 0 Å². The Labute approximate surface area is 133 Å². The molecule has 5 nitrogen and oxygen atoms in total. The minimum atomic E-state index is 0.179. The van der Waals surface area contributed by atoms with Crippen LogP contribution in [0.1, 0.15) is 54.4 Å². The van der Waals surface area contributed by atoms with Crippen molar-refractivity contribution in [1.29, 1.82) is 0 Å². The van der Waals surface area contributed by atoms with Crippen LogP contribution in [0.3, 0.4) is 0 Å². The molecule has 122 valence electrons. The van der Waals surface area contributed by atoms with Crippen molar-refractivity contribution in [3.05, 3.63) is 17.0 Å². The second-order valence-electron chi connectivity index (χ2n) is 6.99. The standard InChI is InChI=1S/C17H28N4O/c1-4-9-21-14(3)15(13(2)19-21)16(22)20-10-6-17(7-11-20)5-8-18-12-17/h18H,4-12H2,1-3H3. The van der Waals surface area contributed by atoms with Crippen molar-refractivity contribution >= 4 is 5.91 Å². The van der Waals surface area contributed by atoms with Gasteiger partial charge in [-0.15, -0.1) is 0 Å². The molecule has 2 fully saturated rings. The highest BCUT2D eigenvalue weighted by atomic mass is 16.2. The highest BCUT2D eigenvalue weighted by Gasteiger charge is 2.38. The third-order valence-electron chi connectivity index (χ3n) is 5.47. The smallest absolute Gasteiger partial charge is 0.257 e. The number of likely N-dealkylation sites (tertiary alicyclic amines) is 1. The van der Waals surface area contributed by atoms with Crippen LogP contribution in [0.4, 0.5) is 0 Å². The molecule has 2 aliphatic rings. The molecule has 1 spiro atoms. The number of hydrogen-bond acceptors (Lipinski definition) is 3. The Bertz CT molecular complexity index is 547. The molecule has 1 aromatic rings. The van der Waals surface area contributed by atoms with Crippen LogP contribution in [0.2, 0.25) is 0 Å². The van der Waals surface area contributed by atoms with E-state index in [0.717, 1.165) is 68.9 Å². The summed E-state index contributed by atoms with van der Waals surface area (Å²) in [5.74, 6) is 0.179. The Morgan fingerprint density at radius 2 is 2.00 bits per heavy atom. The zero-order chi connectivity index (χ0) is 15.7. The van der Waals surface area contributed by atoms with Crippen LogP contribution in [0.25, 0.3) is 0 Å². The maximum absolute atomic E-state index is 12.9. The van der Waals surface area contributed by atoms with Gasteiger partial charge in [-0.2, -0.15) is 5.10 Å². The lowest BCUT2D eigenvalue weighted by atomic mass is 9.78. The van der Waals surface area contributed by atoms with E-state index >= 15 is 0 Å². The van der Waals surface area contributed by atoms with Crippen molar-refractivity contribution < 1.29 is 4.79 Å². The number of hydrogen-bond donors (Lipinski definition) is 1. The van der Waals surface area contributed by atoms with Crippen LogP contribution in [-0.2, 0) is 6.54 Å². The zero-order valence-electron chi connectivity index (χ0n) is 14.1. The van der Waals surface area contributed by atoms with E-state index in [1.807, 2.05) is 23.4 Å². The van der Waals surface area contributed by atoms with Crippen molar-refractivity contribution in [1.82, 2.24) is 20.0 Å². The molecule has 5 heteroatoms. The number of carbonyl (C=O) groups is 1. The van der Waals surface area contributed by atoms with Crippen LogP contribution in [-0.4, -0.2) is 46.8 Å². The van der Waals surface area contributed by atoms with Crippen LogP contribution in [0, 0.1) is 19.3 Å². The number of carbonyl (C=O) groups excluding carboxylic acids is 1. The third kappa shape index (κ3) is 2.67. The van der Waals surface area contributed by atoms with Gasteiger partial charge in [-0.25, -0.2) is 0 Å². The number of aryl methyl sites for hydroxylation is 2. The fourth-order valence-electron chi connectivity index (χ4n) is 4.00. The first-order chi connectivity index (χ1) is 10.6. The number of aromatic nitrogens is 2. The molecule has 3 heterocycles. The van der Waals surface area contributed by atoms with E-state index in [2.05, 4.69) is 17.3 Å². The van der Waals surface area contributed by atoms with E-state index in [1.165, 1.54) is 6.42 Å². The van der Waals surface area contributed by atoms with E-state index in [0.29, 0.717) is 5.41 Å². The van der Waals surface area contributed by atoms with E-state index in [-0.39, 0.29) is 5.91 Å². The van der Waals surface area contributed by atoms with Gasteiger partial charge in [0.25, 0.3) is 5.91 Å². The lowest BCUT2D eigenvalue weighted by Crippen LogP contribution is -2.44. The first kappa shape index (κ1) is 15.5. The summed E-state index contributed by atoms with van der Waals surface area (Å²) < 4.78 is 1.98. The second kappa shape index (κ2) is 6.03. The molecule has 0 radical (unpaired) electrons. The predicted molar refractivity (Wildman–Crippen MR) is 87.0 cm³/mol. The van der Waals surface area contributed by atoms with Gasteiger partial charge in [0.05, 0.1) is 11.3 Å². The summed E-state index contributed by atoms with van der Waals surface area (Å²) in [6.07, 6.45) is 4.57. The van der Waals surface area contributed by atoms with Gasteiger partial charge >= 0.3 is 0 Å². The van der Waals surface area contributed by atoms with Gasteiger partial charge in [0.1, 0.15) is 0 Å². The third-order valence-corrected chi connectivity index (χ3v) is 5.47. The quantitative estimate of drug-likeness (QED) is 0.930. The van der Waals surface area contributed by atoms with Crippen molar-refractivity contribution in [3.63, 3.8) is 0 Å². The number of rotatable bonds is 3. The molecule has 3 rings (SSSR count). The summed E-state index contributed by atoms with van der Waals surface area (Å²) in [5.41, 5.74) is 3.17. The van der Waals surface area contributed by atoms with Crippen molar-refractivity contribution in [2.75, 3.05) is 26.2 Å². The SMILES string of the molecule is CCCn1nc(C)c(C(=O)N2CCC3(CCNC3)CC2)c1C. The Morgan fingerprint density at radius 1 is 1.27 bits per heavy atom. The molecule has 2 aliphatic heterocycles. The van der Waals surface area contributed by atoms with Gasteiger partial charge in [0.15, 0.2) is 0 Å². The first-order valence-corrected chi connectivity index (χ1v) is 8.60. The maximum Gasteiger partial charge on any atom is 0.257 e. The molecule has 0 atom stereocenters. The van der Waals surface area contributed by atoms with Gasteiger partial charge in [-0.3, -0.25) is 9.48 Å². The number of piperidine rings is 1. The second-order valence-corrected chi connectivity index (χ2v) is 6.99. The summed E-state index contributed by atoms with van der Waals surface area (Å²) in [4.78, 5) is 15.0. The molecule has 0 aromatic carbocycles. The molecule has 0 bridgehead atoms. The molecule has 1 aromatic heterocycles. The Morgan fingerprint density at radius 3 is 2.59 bits per heavy atom. The van der Waals surface area contributed by atoms with E-state index < -0.39 is 0 Å². The molecule has 1 amide bonds. The molecule has 0 unspecified atom stereocenters. The zero-order valence-corrected chi connectivity index (χ0v) is 14.1. The highest BCUT2D eigenvalue weighted by molar-refractivity contribution is 5.96. The topological polar surface area (TPSA) is 50.2 Å². The fraction of sp³-hybridized carbons (Fsp3) is 0.765. The molecule has 0 saturated carbocycles. The van der Waals surface area contributed by atoms with E-state index in [1.54, 1.807) is 0 Å². The highest BCUT2D eigenvalue weighted by Crippen LogP contribution is 2.37. The fourth-order valence-corrected chi connectivity index (χ4v) is 4.00. The maximum atomic E-state index is 12.9. The minimum Gasteiger partial charge on any atom is -0.338 e. The largest absolute Gasteiger partial charge is 0.338 e. The molecule has 22 heavy (non-hydrogen) atoms. The average Bonchev–Trinajstić information content (AvgIpc) is 3.06. The summed E-state index contributed by atoms with van der Waals surface area (Å²) >= 11 is 0. The molecular weight excluding hydrogens is 276 g/mol. The van der Waals surface area contributed by atoms with Crippen LogP contribution in [0.5, 0.6) is 0 Å². The van der Waals surface area contributed by atoms with Crippen LogP contribution >= 0.6 is 0 Å². The normalized spacial score (nSPS) is 20.8. The summed E-state index contributed by atoms with van der Waals surface area (Å²) in [5, 5.41) is 8.02. The number of nitrogens with zero attached hydrogens (tertiary/aromatic N) is 3. The Kier molecular flexibility index (Phi) is 4.26. The van der Waals surface area contributed by atoms with Crippen LogP contribution in [0.15, 0.2) is 0 Å². The van der Waals surface area contributed by atoms with Crippen molar-refractivity contribution in [3.8, 4) is 0 Å². The summed E-state index contributed by atoms with van der Waals surface area (Å²) in [6.45, 7) is 11.0. The minimum absolute atomic E-state index is 0.179. The van der Waals surface area contributed by atoms with Gasteiger partial charge in [-0.05, 0) is 51.5 Å². The Hall–Kier alpha value is -1.36. The van der Waals surface area contributed by atoms with E-state index in [9.17, 15) is 4.79 Å². The lowest BCUT2D eigenvalue weighted by molar-refractivity contribution is 0.0606.